The summed E-state index contributed by atoms with van der Waals surface area (Å²) in [5.41, 5.74) is 2.11. The molecule has 2 rings (SSSR count). The summed E-state index contributed by atoms with van der Waals surface area (Å²) in [6.45, 7) is 7.73. The fourth-order valence-corrected chi connectivity index (χ4v) is 2.26. The fraction of sp³-hybridized carbons (Fsp3) is 0.471. The van der Waals surface area contributed by atoms with Crippen LogP contribution >= 0.6 is 0 Å². The molecule has 1 aromatic carbocycles. The van der Waals surface area contributed by atoms with Gasteiger partial charge in [-0.1, -0.05) is 31.1 Å². The highest BCUT2D eigenvalue weighted by Gasteiger charge is 2.08. The molecule has 1 unspecified atom stereocenters. The van der Waals surface area contributed by atoms with E-state index in [-0.39, 0.29) is 0 Å². The van der Waals surface area contributed by atoms with Crippen LogP contribution in [-0.2, 0) is 6.61 Å². The number of nitrogens with zero attached hydrogens (tertiary/aromatic N) is 1. The van der Waals surface area contributed by atoms with Gasteiger partial charge in [0.25, 0.3) is 0 Å². The summed E-state index contributed by atoms with van der Waals surface area (Å²) >= 11 is 0. The van der Waals surface area contributed by atoms with E-state index < -0.39 is 0 Å². The molecule has 0 aliphatic carbocycles. The number of hydrogen-bond donors (Lipinski definition) is 1. The van der Waals surface area contributed by atoms with Crippen molar-refractivity contribution in [1.82, 2.24) is 10.5 Å². The Morgan fingerprint density at radius 2 is 2.00 bits per heavy atom. The molecule has 1 N–H and O–H groups in total. The molecule has 0 amide bonds. The Hall–Kier alpha value is -1.81. The molecule has 0 fully saturated rings. The lowest BCUT2D eigenvalue weighted by Gasteiger charge is -2.17. The third-order valence-corrected chi connectivity index (χ3v) is 3.39. The topological polar surface area (TPSA) is 47.3 Å². The molecule has 0 saturated heterocycles. The molecule has 1 heterocycles. The van der Waals surface area contributed by atoms with E-state index in [0.717, 1.165) is 36.6 Å². The molecule has 0 spiro atoms. The van der Waals surface area contributed by atoms with Gasteiger partial charge in [0.2, 0.25) is 0 Å². The van der Waals surface area contributed by atoms with Crippen LogP contribution in [0.5, 0.6) is 5.75 Å². The molecule has 1 atom stereocenters. The van der Waals surface area contributed by atoms with E-state index in [0.29, 0.717) is 12.6 Å². The molecule has 0 radical (unpaired) electrons. The van der Waals surface area contributed by atoms with Crippen molar-refractivity contribution in [2.75, 3.05) is 6.54 Å². The van der Waals surface area contributed by atoms with Gasteiger partial charge in [-0.3, -0.25) is 0 Å². The Bertz CT molecular complexity index is 534. The van der Waals surface area contributed by atoms with Gasteiger partial charge in [-0.2, -0.15) is 0 Å². The zero-order valence-corrected chi connectivity index (χ0v) is 13.1. The van der Waals surface area contributed by atoms with Crippen LogP contribution in [0.4, 0.5) is 0 Å². The molecular formula is C17H24N2O2. The summed E-state index contributed by atoms with van der Waals surface area (Å²) in [4.78, 5) is 0. The smallest absolute Gasteiger partial charge is 0.134 e. The van der Waals surface area contributed by atoms with E-state index in [1.165, 1.54) is 5.56 Å². The van der Waals surface area contributed by atoms with Crippen LogP contribution in [0.1, 0.15) is 49.7 Å². The molecular weight excluding hydrogens is 264 g/mol. The number of hydrogen-bond acceptors (Lipinski definition) is 4. The normalized spacial score (nSPS) is 12.3. The van der Waals surface area contributed by atoms with Crippen molar-refractivity contribution in [2.45, 2.75) is 46.3 Å². The molecule has 21 heavy (non-hydrogen) atoms. The zero-order chi connectivity index (χ0) is 15.1. The molecule has 2 aromatic rings. The number of nitrogens with one attached hydrogen (secondary N) is 1. The first kappa shape index (κ1) is 15.6. The Labute approximate surface area is 126 Å². The van der Waals surface area contributed by atoms with Crippen molar-refractivity contribution < 1.29 is 9.26 Å². The zero-order valence-electron chi connectivity index (χ0n) is 13.1. The maximum atomic E-state index is 5.71. The largest absolute Gasteiger partial charge is 0.487 e. The molecule has 0 aliphatic heterocycles. The summed E-state index contributed by atoms with van der Waals surface area (Å²) in [6, 6.07) is 10.6. The molecule has 0 bridgehead atoms. The minimum absolute atomic E-state index is 0.414. The van der Waals surface area contributed by atoms with E-state index in [4.69, 9.17) is 9.26 Å². The summed E-state index contributed by atoms with van der Waals surface area (Å²) in [5, 5.41) is 7.47. The number of ether oxygens (including phenoxy) is 1. The van der Waals surface area contributed by atoms with E-state index in [2.05, 4.69) is 36.5 Å². The summed E-state index contributed by atoms with van der Waals surface area (Å²) in [7, 11) is 0. The third-order valence-electron chi connectivity index (χ3n) is 3.39. The second-order valence-corrected chi connectivity index (χ2v) is 5.20. The lowest BCUT2D eigenvalue weighted by molar-refractivity contribution is 0.287. The van der Waals surface area contributed by atoms with E-state index >= 15 is 0 Å². The lowest BCUT2D eigenvalue weighted by atomic mass is 10.0. The SMILES string of the molecule is CCCNC(CC)c1ccc(OCc2cc(C)on2)cc1. The van der Waals surface area contributed by atoms with Crippen LogP contribution in [0.2, 0.25) is 0 Å². The Kier molecular flexibility index (Phi) is 5.81. The maximum absolute atomic E-state index is 5.71. The van der Waals surface area contributed by atoms with Gasteiger partial charge >= 0.3 is 0 Å². The monoisotopic (exact) mass is 288 g/mol. The van der Waals surface area contributed by atoms with Gasteiger partial charge in [-0.15, -0.1) is 0 Å². The fourth-order valence-electron chi connectivity index (χ4n) is 2.26. The number of aromatic nitrogens is 1. The van der Waals surface area contributed by atoms with E-state index in [1.54, 1.807) is 0 Å². The highest BCUT2D eigenvalue weighted by atomic mass is 16.5. The Morgan fingerprint density at radius 3 is 2.57 bits per heavy atom. The van der Waals surface area contributed by atoms with Crippen molar-refractivity contribution in [2.24, 2.45) is 0 Å². The van der Waals surface area contributed by atoms with Gasteiger partial charge in [0.15, 0.2) is 0 Å². The molecule has 0 saturated carbocycles. The van der Waals surface area contributed by atoms with Crippen LogP contribution in [-0.4, -0.2) is 11.7 Å². The Balaban J connectivity index is 1.91. The predicted molar refractivity (Wildman–Crippen MR) is 83.3 cm³/mol. The van der Waals surface area contributed by atoms with Crippen molar-refractivity contribution in [3.05, 3.63) is 47.3 Å². The van der Waals surface area contributed by atoms with Gasteiger partial charge in [-0.25, -0.2) is 0 Å². The predicted octanol–water partition coefficient (Wildman–Crippen LogP) is 4.01. The highest BCUT2D eigenvalue weighted by molar-refractivity contribution is 5.29. The average Bonchev–Trinajstić information content (AvgIpc) is 2.93. The first-order valence-electron chi connectivity index (χ1n) is 7.61. The first-order chi connectivity index (χ1) is 10.2. The van der Waals surface area contributed by atoms with E-state index in [9.17, 15) is 0 Å². The minimum atomic E-state index is 0.414. The standard InChI is InChI=1S/C17H24N2O2/c1-4-10-18-17(5-2)14-6-8-16(9-7-14)20-12-15-11-13(3)21-19-15/h6-9,11,17-18H,4-5,10,12H2,1-3H3. The average molecular weight is 288 g/mol. The molecule has 1 aromatic heterocycles. The highest BCUT2D eigenvalue weighted by Crippen LogP contribution is 2.21. The summed E-state index contributed by atoms with van der Waals surface area (Å²) in [6.07, 6.45) is 2.23. The number of benzene rings is 1. The molecule has 114 valence electrons. The first-order valence-corrected chi connectivity index (χ1v) is 7.61. The molecule has 0 aliphatic rings. The van der Waals surface area contributed by atoms with Crippen molar-refractivity contribution >= 4 is 0 Å². The van der Waals surface area contributed by atoms with Gasteiger partial charge in [0.1, 0.15) is 23.8 Å². The van der Waals surface area contributed by atoms with Crippen LogP contribution in [0, 0.1) is 6.92 Å². The van der Waals surface area contributed by atoms with Crippen molar-refractivity contribution in [3.63, 3.8) is 0 Å². The number of aryl methyl sites for hydroxylation is 1. The molecule has 4 heteroatoms. The van der Waals surface area contributed by atoms with Crippen LogP contribution in [0.3, 0.4) is 0 Å². The molecule has 4 nitrogen and oxygen atoms in total. The quantitative estimate of drug-likeness (QED) is 0.797. The summed E-state index contributed by atoms with van der Waals surface area (Å²) < 4.78 is 10.7. The van der Waals surface area contributed by atoms with Crippen LogP contribution in [0.15, 0.2) is 34.9 Å². The van der Waals surface area contributed by atoms with Crippen molar-refractivity contribution in [3.8, 4) is 5.75 Å². The van der Waals surface area contributed by atoms with Crippen LogP contribution in [0.25, 0.3) is 0 Å². The third kappa shape index (κ3) is 4.60. The van der Waals surface area contributed by atoms with Crippen molar-refractivity contribution in [1.29, 1.82) is 0 Å². The van der Waals surface area contributed by atoms with E-state index in [1.807, 2.05) is 25.1 Å². The second kappa shape index (κ2) is 7.84. The summed E-state index contributed by atoms with van der Waals surface area (Å²) in [5.74, 6) is 1.65. The van der Waals surface area contributed by atoms with Crippen LogP contribution < -0.4 is 10.1 Å². The van der Waals surface area contributed by atoms with Gasteiger partial charge < -0.3 is 14.6 Å². The van der Waals surface area contributed by atoms with Gasteiger partial charge in [-0.05, 0) is 44.0 Å². The van der Waals surface area contributed by atoms with Gasteiger partial charge in [0, 0.05) is 12.1 Å². The number of rotatable bonds is 8. The lowest BCUT2D eigenvalue weighted by Crippen LogP contribution is -2.21. The van der Waals surface area contributed by atoms with Gasteiger partial charge in [0.05, 0.1) is 0 Å². The Morgan fingerprint density at radius 1 is 1.24 bits per heavy atom. The second-order valence-electron chi connectivity index (χ2n) is 5.20. The maximum Gasteiger partial charge on any atom is 0.134 e. The minimum Gasteiger partial charge on any atom is -0.487 e.